The lowest BCUT2D eigenvalue weighted by molar-refractivity contribution is 0.0275. The molecule has 19 heavy (non-hydrogen) atoms. The number of benzene rings is 1. The second-order valence-corrected chi connectivity index (χ2v) is 4.02. The monoisotopic (exact) mass is 263 g/mol. The smallest absolute Gasteiger partial charge is 0.240 e. The molecule has 0 spiro atoms. The zero-order chi connectivity index (χ0) is 13.7. The maximum atomic E-state index is 5.43. The van der Waals surface area contributed by atoms with Crippen LogP contribution in [0.15, 0.2) is 28.8 Å². The van der Waals surface area contributed by atoms with Crippen LogP contribution in [-0.2, 0) is 16.0 Å². The molecule has 6 nitrogen and oxygen atoms in total. The van der Waals surface area contributed by atoms with Crippen molar-refractivity contribution < 1.29 is 14.0 Å². The Kier molecular flexibility index (Phi) is 4.62. The van der Waals surface area contributed by atoms with Crippen molar-refractivity contribution in [2.45, 2.75) is 12.6 Å². The van der Waals surface area contributed by atoms with E-state index in [0.717, 1.165) is 11.1 Å². The van der Waals surface area contributed by atoms with Gasteiger partial charge < -0.3 is 19.7 Å². The Morgan fingerprint density at radius 1 is 1.26 bits per heavy atom. The van der Waals surface area contributed by atoms with Gasteiger partial charge in [-0.3, -0.25) is 0 Å². The Morgan fingerprint density at radius 2 is 2.00 bits per heavy atom. The van der Waals surface area contributed by atoms with E-state index in [1.54, 1.807) is 14.2 Å². The molecule has 0 aliphatic carbocycles. The Hall–Kier alpha value is -1.76. The lowest BCUT2D eigenvalue weighted by Gasteiger charge is -2.14. The molecule has 2 rings (SSSR count). The van der Waals surface area contributed by atoms with E-state index < -0.39 is 0 Å². The van der Waals surface area contributed by atoms with Crippen LogP contribution in [0, 0.1) is 0 Å². The Labute approximate surface area is 111 Å². The van der Waals surface area contributed by atoms with Gasteiger partial charge in [0.15, 0.2) is 0 Å². The molecule has 0 aliphatic heterocycles. The van der Waals surface area contributed by atoms with E-state index in [1.165, 1.54) is 0 Å². The van der Waals surface area contributed by atoms with Gasteiger partial charge in [-0.05, 0) is 5.56 Å². The van der Waals surface area contributed by atoms with Crippen molar-refractivity contribution in [1.29, 1.82) is 0 Å². The van der Waals surface area contributed by atoms with Crippen molar-refractivity contribution in [2.24, 2.45) is 5.73 Å². The summed E-state index contributed by atoms with van der Waals surface area (Å²) in [5, 5.41) is 3.87. The first-order chi connectivity index (χ1) is 9.28. The first kappa shape index (κ1) is 13.7. The predicted molar refractivity (Wildman–Crippen MR) is 69.3 cm³/mol. The highest BCUT2D eigenvalue weighted by molar-refractivity contribution is 5.54. The van der Waals surface area contributed by atoms with E-state index in [0.29, 0.717) is 18.3 Å². The summed E-state index contributed by atoms with van der Waals surface area (Å²) in [5.74, 6) is 0.959. The van der Waals surface area contributed by atoms with Crippen LogP contribution in [0.25, 0.3) is 11.4 Å². The molecule has 0 fully saturated rings. The van der Waals surface area contributed by atoms with Gasteiger partial charge in [-0.2, -0.15) is 4.98 Å². The average molecular weight is 263 g/mol. The third-order valence-electron chi connectivity index (χ3n) is 2.79. The van der Waals surface area contributed by atoms with Crippen LogP contribution in [-0.4, -0.2) is 31.0 Å². The molecule has 1 heterocycles. The van der Waals surface area contributed by atoms with Gasteiger partial charge in [0.2, 0.25) is 11.7 Å². The molecule has 0 radical (unpaired) electrons. The molecule has 0 saturated carbocycles. The highest BCUT2D eigenvalue weighted by Gasteiger charge is 2.12. The molecule has 1 aromatic carbocycles. The fraction of sp³-hybridized carbons (Fsp3) is 0.385. The van der Waals surface area contributed by atoms with Gasteiger partial charge in [0, 0.05) is 19.8 Å². The van der Waals surface area contributed by atoms with Crippen LogP contribution in [0.1, 0.15) is 17.6 Å². The minimum atomic E-state index is -0.0797. The van der Waals surface area contributed by atoms with Gasteiger partial charge in [0.05, 0.1) is 13.2 Å². The molecule has 0 saturated heterocycles. The van der Waals surface area contributed by atoms with Gasteiger partial charge in [-0.1, -0.05) is 29.4 Å². The Balaban J connectivity index is 2.17. The minimum absolute atomic E-state index is 0.0797. The van der Waals surface area contributed by atoms with Gasteiger partial charge in [-0.25, -0.2) is 0 Å². The first-order valence-corrected chi connectivity index (χ1v) is 5.93. The van der Waals surface area contributed by atoms with E-state index in [9.17, 15) is 0 Å². The van der Waals surface area contributed by atoms with Crippen molar-refractivity contribution >= 4 is 0 Å². The molecule has 2 aromatic rings. The molecule has 0 amide bonds. The highest BCUT2D eigenvalue weighted by atomic mass is 16.5. The van der Waals surface area contributed by atoms with Crippen molar-refractivity contribution in [3.8, 4) is 11.4 Å². The van der Waals surface area contributed by atoms with Gasteiger partial charge >= 0.3 is 0 Å². The van der Waals surface area contributed by atoms with E-state index >= 15 is 0 Å². The average Bonchev–Trinajstić information content (AvgIpc) is 2.94. The zero-order valence-electron chi connectivity index (χ0n) is 11.0. The highest BCUT2D eigenvalue weighted by Crippen LogP contribution is 2.21. The van der Waals surface area contributed by atoms with Crippen molar-refractivity contribution in [2.75, 3.05) is 20.8 Å². The lowest BCUT2D eigenvalue weighted by Crippen LogP contribution is -2.08. The summed E-state index contributed by atoms with van der Waals surface area (Å²) in [6.07, 6.45) is -0.0797. The fourth-order valence-electron chi connectivity index (χ4n) is 1.75. The van der Waals surface area contributed by atoms with Crippen LogP contribution in [0.3, 0.4) is 0 Å². The van der Waals surface area contributed by atoms with Gasteiger partial charge in [-0.15, -0.1) is 0 Å². The second kappa shape index (κ2) is 6.42. The number of ether oxygens (including phenoxy) is 2. The number of rotatable bonds is 6. The van der Waals surface area contributed by atoms with Crippen LogP contribution >= 0.6 is 0 Å². The summed E-state index contributed by atoms with van der Waals surface area (Å²) >= 11 is 0. The number of methoxy groups -OCH3 is 2. The number of nitrogens with two attached hydrogens (primary N) is 1. The number of nitrogens with zero attached hydrogens (tertiary/aromatic N) is 2. The zero-order valence-corrected chi connectivity index (χ0v) is 11.0. The topological polar surface area (TPSA) is 83.4 Å². The Bertz CT molecular complexity index is 510. The quantitative estimate of drug-likeness (QED) is 0.851. The van der Waals surface area contributed by atoms with Crippen LogP contribution < -0.4 is 5.73 Å². The molecule has 0 bridgehead atoms. The number of aromatic nitrogens is 2. The minimum Gasteiger partial charge on any atom is -0.382 e. The third kappa shape index (κ3) is 3.17. The molecule has 1 aromatic heterocycles. The molecule has 0 aliphatic rings. The summed E-state index contributed by atoms with van der Waals surface area (Å²) in [6.45, 7) is 0.750. The SMILES string of the molecule is COCC(OC)c1ccc(-c2noc(CN)n2)cc1. The first-order valence-electron chi connectivity index (χ1n) is 5.93. The summed E-state index contributed by atoms with van der Waals surface area (Å²) < 4.78 is 15.4. The molecule has 1 unspecified atom stereocenters. The molecule has 1 atom stereocenters. The van der Waals surface area contributed by atoms with Gasteiger partial charge in [0.1, 0.15) is 6.10 Å². The maximum Gasteiger partial charge on any atom is 0.240 e. The molecule has 102 valence electrons. The number of hydrogen-bond acceptors (Lipinski definition) is 6. The van der Waals surface area contributed by atoms with Crippen molar-refractivity contribution in [1.82, 2.24) is 10.1 Å². The number of hydrogen-bond donors (Lipinski definition) is 1. The standard InChI is InChI=1S/C13H17N3O3/c1-17-8-11(18-2)9-3-5-10(6-4-9)13-15-12(7-14)19-16-13/h3-6,11H,7-8,14H2,1-2H3. The molecular formula is C13H17N3O3. The second-order valence-electron chi connectivity index (χ2n) is 4.02. The molecule has 6 heteroatoms. The van der Waals surface area contributed by atoms with Crippen molar-refractivity contribution in [3.63, 3.8) is 0 Å². The summed E-state index contributed by atoms with van der Waals surface area (Å²) in [6, 6.07) is 7.76. The van der Waals surface area contributed by atoms with Gasteiger partial charge in [0.25, 0.3) is 0 Å². The summed E-state index contributed by atoms with van der Waals surface area (Å²) in [5.41, 5.74) is 7.34. The van der Waals surface area contributed by atoms with Crippen molar-refractivity contribution in [3.05, 3.63) is 35.7 Å². The van der Waals surface area contributed by atoms with E-state index in [1.807, 2.05) is 24.3 Å². The predicted octanol–water partition coefficient (Wildman–Crippen LogP) is 1.53. The normalized spacial score (nSPS) is 12.6. The maximum absolute atomic E-state index is 5.43. The third-order valence-corrected chi connectivity index (χ3v) is 2.79. The van der Waals surface area contributed by atoms with E-state index in [2.05, 4.69) is 10.1 Å². The molecule has 2 N–H and O–H groups in total. The summed E-state index contributed by atoms with van der Waals surface area (Å²) in [4.78, 5) is 4.17. The van der Waals surface area contributed by atoms with E-state index in [-0.39, 0.29) is 12.6 Å². The van der Waals surface area contributed by atoms with Crippen LogP contribution in [0.2, 0.25) is 0 Å². The fourth-order valence-corrected chi connectivity index (χ4v) is 1.75. The molecular weight excluding hydrogens is 246 g/mol. The van der Waals surface area contributed by atoms with Crippen LogP contribution in [0.5, 0.6) is 0 Å². The van der Waals surface area contributed by atoms with E-state index in [4.69, 9.17) is 19.7 Å². The van der Waals surface area contributed by atoms with Crippen LogP contribution in [0.4, 0.5) is 0 Å². The largest absolute Gasteiger partial charge is 0.382 e. The lowest BCUT2D eigenvalue weighted by atomic mass is 10.1. The summed E-state index contributed by atoms with van der Waals surface area (Å²) in [7, 11) is 3.30. The Morgan fingerprint density at radius 3 is 2.53 bits per heavy atom.